The summed E-state index contributed by atoms with van der Waals surface area (Å²) in [6.07, 6.45) is 23.7. The van der Waals surface area contributed by atoms with Crippen molar-refractivity contribution in [2.24, 2.45) is 0 Å². The van der Waals surface area contributed by atoms with Gasteiger partial charge in [-0.15, -0.1) is 0 Å². The molecule has 0 aromatic carbocycles. The van der Waals surface area contributed by atoms with Crippen molar-refractivity contribution in [1.82, 2.24) is 0 Å². The van der Waals surface area contributed by atoms with Gasteiger partial charge in [-0.1, -0.05) is 127 Å². The first-order valence-electron chi connectivity index (χ1n) is 20.0. The van der Waals surface area contributed by atoms with Crippen molar-refractivity contribution in [3.8, 4) is 0 Å². The quantitative estimate of drug-likeness (QED) is 0.0237. The van der Waals surface area contributed by atoms with E-state index in [2.05, 4.69) is 38.2 Å². The molecule has 0 aliphatic carbocycles. The number of carbonyl (C=O) groups excluding carboxylic acids is 2. The number of allylic oxidation sites excluding steroid dienone is 6. The van der Waals surface area contributed by atoms with E-state index in [0.717, 1.165) is 38.5 Å². The Bertz CT molecular complexity index is 1140. The molecular weight excluding hydrogens is 704 g/mol. The van der Waals surface area contributed by atoms with Crippen LogP contribution in [0.4, 0.5) is 0 Å². The zero-order valence-corrected chi connectivity index (χ0v) is 33.2. The zero-order chi connectivity index (χ0) is 39.2. The fourth-order valence-corrected chi connectivity index (χ4v) is 6.50. The molecule has 308 valence electrons. The first kappa shape index (κ1) is 48.9. The fourth-order valence-electron chi connectivity index (χ4n) is 5.81. The number of ether oxygens (including phenoxy) is 4. The summed E-state index contributed by atoms with van der Waals surface area (Å²) in [4.78, 5) is 25.1. The molecule has 13 heteroatoms. The smallest absolute Gasteiger partial charge is 0.306 e. The third-order valence-electron chi connectivity index (χ3n) is 8.97. The van der Waals surface area contributed by atoms with Crippen LogP contribution in [0.2, 0.25) is 0 Å². The molecule has 1 aliphatic heterocycles. The Hall–Kier alpha value is -2.13. The van der Waals surface area contributed by atoms with Crippen molar-refractivity contribution in [3.63, 3.8) is 0 Å². The average molecular weight is 775 g/mol. The number of aliphatic hydroxyl groups is 3. The van der Waals surface area contributed by atoms with Gasteiger partial charge in [0.05, 0.1) is 6.61 Å². The van der Waals surface area contributed by atoms with Crippen LogP contribution in [0, 0.1) is 0 Å². The van der Waals surface area contributed by atoms with Gasteiger partial charge in [-0.25, -0.2) is 0 Å². The molecule has 0 spiro atoms. The van der Waals surface area contributed by atoms with Gasteiger partial charge in [0.15, 0.2) is 12.4 Å². The summed E-state index contributed by atoms with van der Waals surface area (Å²) >= 11 is 0. The summed E-state index contributed by atoms with van der Waals surface area (Å²) in [5, 5.41) is 30.7. The summed E-state index contributed by atoms with van der Waals surface area (Å²) in [6, 6.07) is 0. The minimum absolute atomic E-state index is 0.0934. The Labute approximate surface area is 319 Å². The Morgan fingerprint density at radius 3 is 1.74 bits per heavy atom. The SMILES string of the molecule is CCCCCCCC/C=C/C/C=C/C/C=C/CCCC(=O)O[C@H](COC(=O)CCCCCCCCCC)CO[C@H]1O[C@H](CS(=O)(=O)O)[C@@H](O)C(O)C1O. The summed E-state index contributed by atoms with van der Waals surface area (Å²) in [7, 11) is -4.60. The molecule has 0 saturated carbocycles. The van der Waals surface area contributed by atoms with Crippen LogP contribution >= 0.6 is 0 Å². The second-order valence-corrected chi connectivity index (χ2v) is 15.4. The minimum Gasteiger partial charge on any atom is -0.462 e. The van der Waals surface area contributed by atoms with Crippen LogP contribution in [0.1, 0.15) is 149 Å². The molecular formula is C40H70O12S. The molecule has 1 saturated heterocycles. The maximum absolute atomic E-state index is 12.7. The van der Waals surface area contributed by atoms with Crippen LogP contribution in [0.3, 0.4) is 0 Å². The van der Waals surface area contributed by atoms with Crippen LogP contribution in [0.5, 0.6) is 0 Å². The third-order valence-corrected chi connectivity index (χ3v) is 9.72. The highest BCUT2D eigenvalue weighted by Crippen LogP contribution is 2.24. The van der Waals surface area contributed by atoms with E-state index >= 15 is 0 Å². The van der Waals surface area contributed by atoms with E-state index in [0.29, 0.717) is 19.3 Å². The summed E-state index contributed by atoms with van der Waals surface area (Å²) in [5.74, 6) is -2.06. The molecule has 0 radical (unpaired) electrons. The lowest BCUT2D eigenvalue weighted by Gasteiger charge is -2.40. The standard InChI is InChI=1S/C40H70O12S/c1-3-5-7-9-11-13-14-15-16-17-18-19-20-21-23-25-27-29-36(42)51-33(30-49-35(41)28-26-24-22-12-10-8-6-4-2)31-50-40-39(45)38(44)37(43)34(52-40)32-53(46,47)48/h15-16,18-19,21,23,33-34,37-40,43-45H,3-14,17,20,22,24-32H2,1-2H3,(H,46,47,48)/b16-15+,19-18+,23-21+/t33-,34-,37-,38?,39?,40+/m1/s1. The van der Waals surface area contributed by atoms with Gasteiger partial charge in [-0.2, -0.15) is 8.42 Å². The van der Waals surface area contributed by atoms with Crippen molar-refractivity contribution in [1.29, 1.82) is 0 Å². The van der Waals surface area contributed by atoms with Gasteiger partial charge in [0, 0.05) is 12.8 Å². The van der Waals surface area contributed by atoms with E-state index in [1.807, 2.05) is 12.2 Å². The van der Waals surface area contributed by atoms with Crippen LogP contribution in [-0.2, 0) is 38.7 Å². The third kappa shape index (κ3) is 26.3. The molecule has 0 aromatic rings. The maximum atomic E-state index is 12.7. The highest BCUT2D eigenvalue weighted by molar-refractivity contribution is 7.85. The topological polar surface area (TPSA) is 186 Å². The molecule has 0 bridgehead atoms. The summed E-state index contributed by atoms with van der Waals surface area (Å²) in [5.41, 5.74) is 0. The van der Waals surface area contributed by atoms with Crippen LogP contribution in [0.15, 0.2) is 36.5 Å². The molecule has 53 heavy (non-hydrogen) atoms. The summed E-state index contributed by atoms with van der Waals surface area (Å²) < 4.78 is 53.7. The number of unbranched alkanes of at least 4 members (excludes halogenated alkanes) is 14. The predicted octanol–water partition coefficient (Wildman–Crippen LogP) is 7.05. The first-order chi connectivity index (χ1) is 25.5. The largest absolute Gasteiger partial charge is 0.462 e. The number of esters is 2. The highest BCUT2D eigenvalue weighted by atomic mass is 32.2. The molecule has 1 heterocycles. The van der Waals surface area contributed by atoms with Crippen LogP contribution < -0.4 is 0 Å². The Morgan fingerprint density at radius 2 is 1.15 bits per heavy atom. The normalized spacial score (nSPS) is 21.5. The number of hydrogen-bond donors (Lipinski definition) is 4. The van der Waals surface area contributed by atoms with Crippen molar-refractivity contribution in [2.75, 3.05) is 19.0 Å². The molecule has 4 N–H and O–H groups in total. The highest BCUT2D eigenvalue weighted by Gasteiger charge is 2.46. The molecule has 1 fully saturated rings. The maximum Gasteiger partial charge on any atom is 0.306 e. The number of carbonyl (C=O) groups is 2. The van der Waals surface area contributed by atoms with Crippen molar-refractivity contribution >= 4 is 22.1 Å². The lowest BCUT2D eigenvalue weighted by molar-refractivity contribution is -0.297. The van der Waals surface area contributed by atoms with Gasteiger partial charge in [-0.3, -0.25) is 14.1 Å². The molecule has 1 aliphatic rings. The van der Waals surface area contributed by atoms with E-state index in [4.69, 9.17) is 18.9 Å². The van der Waals surface area contributed by atoms with Gasteiger partial charge in [0.1, 0.15) is 36.8 Å². The van der Waals surface area contributed by atoms with Gasteiger partial charge < -0.3 is 34.3 Å². The second kappa shape index (κ2) is 31.1. The lowest BCUT2D eigenvalue weighted by Crippen LogP contribution is -2.60. The van der Waals surface area contributed by atoms with Gasteiger partial charge in [0.2, 0.25) is 0 Å². The number of aliphatic hydroxyl groups excluding tert-OH is 3. The number of rotatable bonds is 32. The first-order valence-corrected chi connectivity index (χ1v) is 21.7. The lowest BCUT2D eigenvalue weighted by atomic mass is 10.00. The Morgan fingerprint density at radius 1 is 0.642 bits per heavy atom. The average Bonchev–Trinajstić information content (AvgIpc) is 3.12. The fraction of sp³-hybridized carbons (Fsp3) is 0.800. The monoisotopic (exact) mass is 774 g/mol. The summed E-state index contributed by atoms with van der Waals surface area (Å²) in [6.45, 7) is 3.64. The molecule has 2 unspecified atom stereocenters. The molecule has 6 atom stereocenters. The van der Waals surface area contributed by atoms with E-state index < -0.39 is 71.2 Å². The molecule has 0 aromatic heterocycles. The van der Waals surface area contributed by atoms with Crippen molar-refractivity contribution in [3.05, 3.63) is 36.5 Å². The number of hydrogen-bond acceptors (Lipinski definition) is 11. The van der Waals surface area contributed by atoms with E-state index in [1.165, 1.54) is 64.2 Å². The van der Waals surface area contributed by atoms with Crippen molar-refractivity contribution in [2.45, 2.75) is 185 Å². The van der Waals surface area contributed by atoms with E-state index in [-0.39, 0.29) is 19.4 Å². The van der Waals surface area contributed by atoms with E-state index in [9.17, 15) is 37.9 Å². The Balaban J connectivity index is 2.53. The molecule has 0 amide bonds. The van der Waals surface area contributed by atoms with Gasteiger partial charge in [0.25, 0.3) is 10.1 Å². The van der Waals surface area contributed by atoms with Crippen LogP contribution in [0.25, 0.3) is 0 Å². The predicted molar refractivity (Wildman–Crippen MR) is 206 cm³/mol. The van der Waals surface area contributed by atoms with Crippen molar-refractivity contribution < 1.29 is 56.8 Å². The Kier molecular flexibility index (Phi) is 28.7. The van der Waals surface area contributed by atoms with E-state index in [1.54, 1.807) is 0 Å². The van der Waals surface area contributed by atoms with Gasteiger partial charge in [-0.05, 0) is 44.9 Å². The van der Waals surface area contributed by atoms with Crippen LogP contribution in [-0.4, -0.2) is 96.0 Å². The zero-order valence-electron chi connectivity index (χ0n) is 32.4. The molecule has 12 nitrogen and oxygen atoms in total. The van der Waals surface area contributed by atoms with Gasteiger partial charge >= 0.3 is 11.9 Å². The second-order valence-electron chi connectivity index (χ2n) is 14.0. The minimum atomic E-state index is -4.60. The molecule has 1 rings (SSSR count).